The summed E-state index contributed by atoms with van der Waals surface area (Å²) in [7, 11) is 0. The highest BCUT2D eigenvalue weighted by molar-refractivity contribution is 5.98. The molecule has 1 amide bonds. The van der Waals surface area contributed by atoms with E-state index in [2.05, 4.69) is 5.32 Å². The number of aliphatic carboxylic acids is 2. The number of carboxylic acid groups (broad SMARTS) is 2. The van der Waals surface area contributed by atoms with Gasteiger partial charge in [-0.1, -0.05) is 39.0 Å². The first-order valence-electron chi connectivity index (χ1n) is 6.48. The number of carboxylic acids is 2. The number of nitrogens with one attached hydrogen (secondary N) is 1. The Morgan fingerprint density at radius 2 is 1.71 bits per heavy atom. The van der Waals surface area contributed by atoms with Crippen LogP contribution in [0.25, 0.3) is 0 Å². The minimum Gasteiger partial charge on any atom is -0.481 e. The van der Waals surface area contributed by atoms with E-state index in [1.54, 1.807) is 24.3 Å². The van der Waals surface area contributed by atoms with E-state index in [-0.39, 0.29) is 5.41 Å². The van der Waals surface area contributed by atoms with E-state index >= 15 is 0 Å². The second kappa shape index (κ2) is 6.39. The molecule has 0 saturated carbocycles. The molecule has 0 bridgehead atoms. The lowest BCUT2D eigenvalue weighted by Gasteiger charge is -2.23. The fraction of sp³-hybridized carbons (Fsp3) is 0.400. The highest BCUT2D eigenvalue weighted by atomic mass is 16.4. The highest BCUT2D eigenvalue weighted by Gasteiger charge is 2.26. The first-order chi connectivity index (χ1) is 9.62. The van der Waals surface area contributed by atoms with Crippen LogP contribution in [-0.4, -0.2) is 34.1 Å². The van der Waals surface area contributed by atoms with Crippen molar-refractivity contribution in [2.24, 2.45) is 0 Å². The van der Waals surface area contributed by atoms with Crippen LogP contribution in [0, 0.1) is 0 Å². The maximum Gasteiger partial charge on any atom is 0.326 e. The first kappa shape index (κ1) is 16.7. The van der Waals surface area contributed by atoms with E-state index < -0.39 is 30.3 Å². The molecular formula is C15H19NO5. The maximum absolute atomic E-state index is 12.2. The lowest BCUT2D eigenvalue weighted by molar-refractivity contribution is -0.145. The fourth-order valence-corrected chi connectivity index (χ4v) is 1.95. The van der Waals surface area contributed by atoms with Crippen molar-refractivity contribution in [3.63, 3.8) is 0 Å². The summed E-state index contributed by atoms with van der Waals surface area (Å²) in [4.78, 5) is 33.9. The minimum atomic E-state index is -1.46. The Hall–Kier alpha value is -2.37. The predicted molar refractivity (Wildman–Crippen MR) is 76.3 cm³/mol. The maximum atomic E-state index is 12.2. The SMILES string of the molecule is CC(C)(C)c1ccccc1C(=O)NC(CC(=O)O)C(=O)O. The quantitative estimate of drug-likeness (QED) is 0.765. The Bertz CT molecular complexity index is 559. The van der Waals surface area contributed by atoms with Crippen molar-refractivity contribution in [1.82, 2.24) is 5.32 Å². The fourth-order valence-electron chi connectivity index (χ4n) is 1.95. The van der Waals surface area contributed by atoms with Crippen molar-refractivity contribution >= 4 is 17.8 Å². The van der Waals surface area contributed by atoms with Gasteiger partial charge in [0.25, 0.3) is 5.91 Å². The van der Waals surface area contributed by atoms with Gasteiger partial charge in [-0.05, 0) is 17.0 Å². The number of benzene rings is 1. The van der Waals surface area contributed by atoms with Gasteiger partial charge in [0, 0.05) is 5.56 Å². The summed E-state index contributed by atoms with van der Waals surface area (Å²) >= 11 is 0. The lowest BCUT2D eigenvalue weighted by atomic mass is 9.83. The summed E-state index contributed by atoms with van der Waals surface area (Å²) in [6.07, 6.45) is -0.668. The van der Waals surface area contributed by atoms with Gasteiger partial charge in [-0.25, -0.2) is 4.79 Å². The summed E-state index contributed by atoms with van der Waals surface area (Å²) in [5, 5.41) is 19.9. The molecule has 0 saturated heterocycles. The molecule has 0 spiro atoms. The van der Waals surface area contributed by atoms with Crippen molar-refractivity contribution in [1.29, 1.82) is 0 Å². The topological polar surface area (TPSA) is 104 Å². The zero-order valence-electron chi connectivity index (χ0n) is 12.2. The highest BCUT2D eigenvalue weighted by Crippen LogP contribution is 2.25. The molecule has 1 aromatic rings. The van der Waals surface area contributed by atoms with Gasteiger partial charge >= 0.3 is 11.9 Å². The number of amides is 1. The third-order valence-corrected chi connectivity index (χ3v) is 2.96. The second-order valence-corrected chi connectivity index (χ2v) is 5.76. The Morgan fingerprint density at radius 3 is 2.19 bits per heavy atom. The third kappa shape index (κ3) is 4.59. The van der Waals surface area contributed by atoms with Crippen molar-refractivity contribution in [3.05, 3.63) is 35.4 Å². The molecular weight excluding hydrogens is 274 g/mol. The summed E-state index contributed by atoms with van der Waals surface area (Å²) in [6, 6.07) is 5.40. The van der Waals surface area contributed by atoms with Crippen molar-refractivity contribution in [3.8, 4) is 0 Å². The predicted octanol–water partition coefficient (Wildman–Crippen LogP) is 1.64. The van der Waals surface area contributed by atoms with Crippen molar-refractivity contribution in [2.45, 2.75) is 38.6 Å². The van der Waals surface area contributed by atoms with E-state index in [0.717, 1.165) is 5.56 Å². The normalized spacial score (nSPS) is 12.5. The van der Waals surface area contributed by atoms with Crippen LogP contribution in [0.2, 0.25) is 0 Å². The van der Waals surface area contributed by atoms with Crippen LogP contribution in [0.5, 0.6) is 0 Å². The zero-order chi connectivity index (χ0) is 16.2. The van der Waals surface area contributed by atoms with Gasteiger partial charge in [0.05, 0.1) is 6.42 Å². The molecule has 0 fully saturated rings. The van der Waals surface area contributed by atoms with Gasteiger partial charge in [-0.3, -0.25) is 9.59 Å². The van der Waals surface area contributed by atoms with Crippen LogP contribution in [0.1, 0.15) is 43.1 Å². The summed E-state index contributed by atoms with van der Waals surface area (Å²) in [6.45, 7) is 5.81. The molecule has 0 aliphatic rings. The van der Waals surface area contributed by atoms with Crippen LogP contribution in [0.15, 0.2) is 24.3 Å². The largest absolute Gasteiger partial charge is 0.481 e. The number of rotatable bonds is 5. The second-order valence-electron chi connectivity index (χ2n) is 5.76. The van der Waals surface area contributed by atoms with Crippen LogP contribution in [0.4, 0.5) is 0 Å². The number of carbonyl (C=O) groups is 3. The molecule has 0 aliphatic heterocycles. The average Bonchev–Trinajstić information content (AvgIpc) is 2.36. The van der Waals surface area contributed by atoms with E-state index in [9.17, 15) is 14.4 Å². The molecule has 114 valence electrons. The van der Waals surface area contributed by atoms with E-state index in [0.29, 0.717) is 5.56 Å². The first-order valence-corrected chi connectivity index (χ1v) is 6.48. The Labute approximate surface area is 122 Å². The van der Waals surface area contributed by atoms with Gasteiger partial charge in [0.1, 0.15) is 6.04 Å². The molecule has 0 aromatic heterocycles. The molecule has 6 heteroatoms. The average molecular weight is 293 g/mol. The molecule has 6 nitrogen and oxygen atoms in total. The molecule has 0 aliphatic carbocycles. The summed E-state index contributed by atoms with van der Waals surface area (Å²) in [5.74, 6) is -3.25. The molecule has 1 rings (SSSR count). The lowest BCUT2D eigenvalue weighted by Crippen LogP contribution is -2.42. The van der Waals surface area contributed by atoms with Crippen LogP contribution < -0.4 is 5.32 Å². The monoisotopic (exact) mass is 293 g/mol. The van der Waals surface area contributed by atoms with Gasteiger partial charge in [-0.15, -0.1) is 0 Å². The summed E-state index contributed by atoms with van der Waals surface area (Å²) in [5.41, 5.74) is 0.822. The Morgan fingerprint density at radius 1 is 1.14 bits per heavy atom. The standard InChI is InChI=1S/C15H19NO5/c1-15(2,3)10-7-5-4-6-9(10)13(19)16-11(14(20)21)8-12(17)18/h4-7,11H,8H2,1-3H3,(H,16,19)(H,17,18)(H,20,21). The van der Waals surface area contributed by atoms with Gasteiger partial charge < -0.3 is 15.5 Å². The molecule has 0 heterocycles. The van der Waals surface area contributed by atoms with Gasteiger partial charge in [0.15, 0.2) is 0 Å². The molecule has 21 heavy (non-hydrogen) atoms. The zero-order valence-corrected chi connectivity index (χ0v) is 12.2. The summed E-state index contributed by atoms with van der Waals surface area (Å²) < 4.78 is 0. The van der Waals surface area contributed by atoms with Crippen LogP contribution in [0.3, 0.4) is 0 Å². The Kier molecular flexibility index (Phi) is 5.07. The smallest absolute Gasteiger partial charge is 0.326 e. The molecule has 3 N–H and O–H groups in total. The van der Waals surface area contributed by atoms with Gasteiger partial charge in [0.2, 0.25) is 0 Å². The minimum absolute atomic E-state index is 0.292. The van der Waals surface area contributed by atoms with E-state index in [4.69, 9.17) is 10.2 Å². The van der Waals surface area contributed by atoms with E-state index in [1.165, 1.54) is 0 Å². The van der Waals surface area contributed by atoms with Crippen LogP contribution in [-0.2, 0) is 15.0 Å². The Balaban J connectivity index is 3.04. The number of hydrogen-bond acceptors (Lipinski definition) is 3. The van der Waals surface area contributed by atoms with Crippen LogP contribution >= 0.6 is 0 Å². The third-order valence-electron chi connectivity index (χ3n) is 2.96. The molecule has 1 aromatic carbocycles. The molecule has 1 atom stereocenters. The van der Waals surface area contributed by atoms with Crippen molar-refractivity contribution < 1.29 is 24.6 Å². The number of hydrogen-bond donors (Lipinski definition) is 3. The van der Waals surface area contributed by atoms with Crippen molar-refractivity contribution in [2.75, 3.05) is 0 Å². The van der Waals surface area contributed by atoms with E-state index in [1.807, 2.05) is 20.8 Å². The number of carbonyl (C=O) groups excluding carboxylic acids is 1. The molecule has 1 unspecified atom stereocenters. The van der Waals surface area contributed by atoms with Gasteiger partial charge in [-0.2, -0.15) is 0 Å². The molecule has 0 radical (unpaired) electrons.